The minimum absolute atomic E-state index is 0.0197. The number of unbranched alkanes of at least 4 members (excludes halogenated alkanes) is 48. The third-order valence-electron chi connectivity index (χ3n) is 14.6. The summed E-state index contributed by atoms with van der Waals surface area (Å²) < 4.78 is 0. The first-order chi connectivity index (χ1) is 32.5. The Balaban J connectivity index is 3.51. The van der Waals surface area contributed by atoms with Crippen molar-refractivity contribution in [1.29, 1.82) is 0 Å². The van der Waals surface area contributed by atoms with Crippen molar-refractivity contribution in [2.45, 2.75) is 366 Å². The van der Waals surface area contributed by atoms with E-state index in [9.17, 15) is 20.1 Å². The number of allylic oxidation sites excluding steroid dienone is 1. The van der Waals surface area contributed by atoms with Gasteiger partial charge in [-0.2, -0.15) is 0 Å². The predicted molar refractivity (Wildman–Crippen MR) is 292 cm³/mol. The molecular weight excluding hydrogens is 811 g/mol. The molecule has 3 unspecified atom stereocenters. The van der Waals surface area contributed by atoms with Crippen molar-refractivity contribution in [1.82, 2.24) is 5.32 Å². The Morgan fingerprint density at radius 1 is 0.379 bits per heavy atom. The lowest BCUT2D eigenvalue weighted by Gasteiger charge is -2.21. The van der Waals surface area contributed by atoms with Crippen LogP contribution in [0.2, 0.25) is 0 Å². The molecule has 0 aliphatic rings. The van der Waals surface area contributed by atoms with E-state index in [2.05, 4.69) is 19.2 Å². The van der Waals surface area contributed by atoms with Gasteiger partial charge in [-0.3, -0.25) is 4.79 Å². The zero-order valence-corrected chi connectivity index (χ0v) is 45.1. The van der Waals surface area contributed by atoms with E-state index in [0.717, 1.165) is 25.7 Å². The van der Waals surface area contributed by atoms with Gasteiger partial charge in [0, 0.05) is 0 Å². The molecule has 0 saturated carbocycles. The maximum Gasteiger partial charge on any atom is 0.222 e. The molecule has 3 atom stereocenters. The SMILES string of the molecule is CCCCCCCCCCCCCCCCCCCCCCCCC/C=C/C(O)C(CO)NC(=O)CC(O)CCCCCCCCCCCCCCCCCCCCCCCCCCCC. The number of aliphatic hydroxyl groups is 3. The van der Waals surface area contributed by atoms with Crippen LogP contribution in [-0.4, -0.2) is 46.1 Å². The molecule has 0 saturated heterocycles. The van der Waals surface area contributed by atoms with E-state index in [-0.39, 0.29) is 18.9 Å². The number of hydrogen-bond acceptors (Lipinski definition) is 4. The molecule has 0 heterocycles. The fourth-order valence-corrected chi connectivity index (χ4v) is 9.93. The van der Waals surface area contributed by atoms with E-state index in [1.165, 1.54) is 295 Å². The Bertz CT molecular complexity index is 940. The molecule has 0 aliphatic heterocycles. The number of hydrogen-bond donors (Lipinski definition) is 4. The van der Waals surface area contributed by atoms with Crippen LogP contribution in [0.25, 0.3) is 0 Å². The van der Waals surface area contributed by atoms with Crippen LogP contribution in [0.5, 0.6) is 0 Å². The molecule has 0 aliphatic carbocycles. The van der Waals surface area contributed by atoms with Crippen LogP contribution in [0.15, 0.2) is 12.2 Å². The van der Waals surface area contributed by atoms with Crippen molar-refractivity contribution in [2.24, 2.45) is 0 Å². The first-order valence-corrected chi connectivity index (χ1v) is 30.5. The Morgan fingerprint density at radius 2 is 0.621 bits per heavy atom. The molecule has 1 amide bonds. The van der Waals surface area contributed by atoms with Crippen molar-refractivity contribution in [3.63, 3.8) is 0 Å². The summed E-state index contributed by atoms with van der Waals surface area (Å²) in [6.07, 6.45) is 71.4. The van der Waals surface area contributed by atoms with Crippen molar-refractivity contribution >= 4 is 5.91 Å². The third-order valence-corrected chi connectivity index (χ3v) is 14.6. The van der Waals surface area contributed by atoms with Crippen molar-refractivity contribution < 1.29 is 20.1 Å². The molecule has 0 fully saturated rings. The highest BCUT2D eigenvalue weighted by Gasteiger charge is 2.20. The summed E-state index contributed by atoms with van der Waals surface area (Å²) in [5, 5.41) is 33.5. The zero-order valence-electron chi connectivity index (χ0n) is 45.1. The smallest absolute Gasteiger partial charge is 0.222 e. The second-order valence-corrected chi connectivity index (χ2v) is 21.3. The van der Waals surface area contributed by atoms with Gasteiger partial charge in [-0.15, -0.1) is 0 Å². The lowest BCUT2D eigenvalue weighted by Crippen LogP contribution is -2.45. The summed E-state index contributed by atoms with van der Waals surface area (Å²) in [6.45, 7) is 4.27. The summed E-state index contributed by atoms with van der Waals surface area (Å²) in [4.78, 5) is 12.5. The summed E-state index contributed by atoms with van der Waals surface area (Å²) in [5.74, 6) is -0.307. The van der Waals surface area contributed by atoms with Crippen molar-refractivity contribution in [3.05, 3.63) is 12.2 Å². The van der Waals surface area contributed by atoms with E-state index < -0.39 is 18.2 Å². The highest BCUT2D eigenvalue weighted by Crippen LogP contribution is 2.19. The molecule has 0 aromatic rings. The molecule has 66 heavy (non-hydrogen) atoms. The van der Waals surface area contributed by atoms with Gasteiger partial charge in [0.25, 0.3) is 0 Å². The van der Waals surface area contributed by atoms with Crippen LogP contribution in [-0.2, 0) is 4.79 Å². The number of carbonyl (C=O) groups is 1. The summed E-state index contributed by atoms with van der Waals surface area (Å²) >= 11 is 0. The molecule has 0 aromatic carbocycles. The Morgan fingerprint density at radius 3 is 0.879 bits per heavy atom. The first kappa shape index (κ1) is 65.1. The van der Waals surface area contributed by atoms with Crippen LogP contribution in [0.1, 0.15) is 348 Å². The van der Waals surface area contributed by atoms with Gasteiger partial charge in [0.15, 0.2) is 0 Å². The molecule has 0 rings (SSSR count). The van der Waals surface area contributed by atoms with E-state index in [1.54, 1.807) is 6.08 Å². The standard InChI is InChI=1S/C61H121NO4/c1-3-5-7-9-11-13-15-17-19-21-23-25-27-29-31-32-34-36-38-40-42-44-46-48-50-52-54-58(64)56-61(66)62-59(57-63)60(65)55-53-51-49-47-45-43-41-39-37-35-33-30-28-26-24-22-20-18-16-14-12-10-8-6-4-2/h53,55,58-60,63-65H,3-52,54,56-57H2,1-2H3,(H,62,66)/b55-53+. The maximum atomic E-state index is 12.5. The molecule has 4 N–H and O–H groups in total. The fraction of sp³-hybridized carbons (Fsp3) is 0.951. The minimum Gasteiger partial charge on any atom is -0.394 e. The largest absolute Gasteiger partial charge is 0.394 e. The topological polar surface area (TPSA) is 89.8 Å². The Kier molecular flexibility index (Phi) is 55.9. The van der Waals surface area contributed by atoms with Gasteiger partial charge >= 0.3 is 0 Å². The molecule has 5 heteroatoms. The van der Waals surface area contributed by atoms with Crippen LogP contribution < -0.4 is 5.32 Å². The first-order valence-electron chi connectivity index (χ1n) is 30.5. The second kappa shape index (κ2) is 56.7. The van der Waals surface area contributed by atoms with Crippen molar-refractivity contribution in [2.75, 3.05) is 6.61 Å². The van der Waals surface area contributed by atoms with E-state index in [0.29, 0.717) is 6.42 Å². The number of nitrogens with one attached hydrogen (secondary N) is 1. The average Bonchev–Trinajstić information content (AvgIpc) is 3.31. The fourth-order valence-electron chi connectivity index (χ4n) is 9.93. The molecular formula is C61H121NO4. The average molecular weight is 933 g/mol. The molecule has 0 aromatic heterocycles. The number of rotatable bonds is 57. The number of carbonyl (C=O) groups excluding carboxylic acids is 1. The van der Waals surface area contributed by atoms with Crippen LogP contribution in [0.4, 0.5) is 0 Å². The highest BCUT2D eigenvalue weighted by atomic mass is 16.3. The minimum atomic E-state index is -0.927. The summed E-state index contributed by atoms with van der Waals surface area (Å²) in [6, 6.07) is -0.742. The third kappa shape index (κ3) is 52.5. The summed E-state index contributed by atoms with van der Waals surface area (Å²) in [5.41, 5.74) is 0. The molecule has 0 bridgehead atoms. The second-order valence-electron chi connectivity index (χ2n) is 21.3. The monoisotopic (exact) mass is 932 g/mol. The lowest BCUT2D eigenvalue weighted by atomic mass is 10.0. The van der Waals surface area contributed by atoms with Gasteiger partial charge in [-0.25, -0.2) is 0 Å². The van der Waals surface area contributed by atoms with E-state index >= 15 is 0 Å². The van der Waals surface area contributed by atoms with Crippen LogP contribution in [0, 0.1) is 0 Å². The van der Waals surface area contributed by atoms with Crippen molar-refractivity contribution in [3.8, 4) is 0 Å². The highest BCUT2D eigenvalue weighted by molar-refractivity contribution is 5.76. The maximum absolute atomic E-state index is 12.5. The summed E-state index contributed by atoms with van der Waals surface area (Å²) in [7, 11) is 0. The molecule has 0 radical (unpaired) electrons. The Hall–Kier alpha value is -0.910. The zero-order chi connectivity index (χ0) is 47.9. The van der Waals surface area contributed by atoms with Gasteiger partial charge in [0.1, 0.15) is 0 Å². The molecule has 394 valence electrons. The van der Waals surface area contributed by atoms with Crippen LogP contribution in [0.3, 0.4) is 0 Å². The van der Waals surface area contributed by atoms with Gasteiger partial charge in [-0.05, 0) is 19.3 Å². The molecule has 0 spiro atoms. The normalized spacial score (nSPS) is 13.2. The van der Waals surface area contributed by atoms with E-state index in [4.69, 9.17) is 0 Å². The Labute approximate surface area is 414 Å². The van der Waals surface area contributed by atoms with Gasteiger partial charge in [0.05, 0.1) is 31.3 Å². The quantitative estimate of drug-likeness (QED) is 0.0361. The number of amides is 1. The van der Waals surface area contributed by atoms with Gasteiger partial charge in [0.2, 0.25) is 5.91 Å². The van der Waals surface area contributed by atoms with Crippen LogP contribution >= 0.6 is 0 Å². The lowest BCUT2D eigenvalue weighted by molar-refractivity contribution is -0.124. The van der Waals surface area contributed by atoms with E-state index in [1.807, 2.05) is 6.08 Å². The van der Waals surface area contributed by atoms with Gasteiger partial charge < -0.3 is 20.6 Å². The van der Waals surface area contributed by atoms with Gasteiger partial charge in [-0.1, -0.05) is 334 Å². The molecule has 5 nitrogen and oxygen atoms in total. The predicted octanol–water partition coefficient (Wildman–Crippen LogP) is 19.1. The number of aliphatic hydroxyl groups excluding tert-OH is 3.